The Bertz CT molecular complexity index is 1220. The Labute approximate surface area is 168 Å². The van der Waals surface area contributed by atoms with Crippen LogP contribution in [0.2, 0.25) is 0 Å². The van der Waals surface area contributed by atoms with E-state index in [1.54, 1.807) is 7.11 Å². The molecule has 2 aromatic heterocycles. The fraction of sp³-hybridized carbons (Fsp3) is 0.261. The van der Waals surface area contributed by atoms with Crippen LogP contribution in [0.1, 0.15) is 5.56 Å². The van der Waals surface area contributed by atoms with E-state index in [1.165, 1.54) is 5.56 Å². The van der Waals surface area contributed by atoms with Crippen molar-refractivity contribution < 1.29 is 4.74 Å². The minimum atomic E-state index is -0.0387. The molecule has 148 valence electrons. The highest BCUT2D eigenvalue weighted by Crippen LogP contribution is 2.28. The third-order valence-corrected chi connectivity index (χ3v) is 5.73. The number of hydrogen-bond acceptors (Lipinski definition) is 4. The standard InChI is InChI=1S/C23H24N4O2/c1-29-21-9-5-4-8-20(21)26-12-10-25(11-13-26)15-17-14-22-24-23(28)18-6-2-3-7-19(18)27(22)16-17/h2-9,14,16H,10-13,15H2,1H3,(H,24,28). The summed E-state index contributed by atoms with van der Waals surface area (Å²) in [6.45, 7) is 4.78. The molecule has 5 rings (SSSR count). The van der Waals surface area contributed by atoms with E-state index in [1.807, 2.05) is 36.4 Å². The van der Waals surface area contributed by atoms with Crippen LogP contribution in [-0.2, 0) is 6.54 Å². The fourth-order valence-corrected chi connectivity index (χ4v) is 4.26. The zero-order valence-electron chi connectivity index (χ0n) is 16.5. The fourth-order valence-electron chi connectivity index (χ4n) is 4.26. The lowest BCUT2D eigenvalue weighted by atomic mass is 10.2. The van der Waals surface area contributed by atoms with Crippen LogP contribution in [0.3, 0.4) is 0 Å². The normalized spacial score (nSPS) is 15.3. The second-order valence-electron chi connectivity index (χ2n) is 7.51. The topological polar surface area (TPSA) is 53.0 Å². The summed E-state index contributed by atoms with van der Waals surface area (Å²) in [6, 6.07) is 18.0. The number of benzene rings is 2. The SMILES string of the molecule is COc1ccccc1N1CCN(Cc2cc3[nH]c(=O)c4ccccc4n3c2)CC1. The molecule has 1 saturated heterocycles. The van der Waals surface area contributed by atoms with Gasteiger partial charge in [0.15, 0.2) is 0 Å². The number of para-hydroxylation sites is 3. The van der Waals surface area contributed by atoms with Gasteiger partial charge >= 0.3 is 0 Å². The highest BCUT2D eigenvalue weighted by atomic mass is 16.5. The van der Waals surface area contributed by atoms with Crippen LogP contribution >= 0.6 is 0 Å². The summed E-state index contributed by atoms with van der Waals surface area (Å²) in [5.41, 5.74) is 4.12. The molecule has 0 saturated carbocycles. The number of aromatic amines is 1. The summed E-state index contributed by atoms with van der Waals surface area (Å²) in [5.74, 6) is 0.926. The largest absolute Gasteiger partial charge is 0.495 e. The van der Waals surface area contributed by atoms with Crippen LogP contribution in [0.25, 0.3) is 16.6 Å². The van der Waals surface area contributed by atoms with Crippen molar-refractivity contribution in [3.63, 3.8) is 0 Å². The zero-order chi connectivity index (χ0) is 19.8. The third kappa shape index (κ3) is 3.25. The van der Waals surface area contributed by atoms with Crippen molar-refractivity contribution in [2.24, 2.45) is 0 Å². The van der Waals surface area contributed by atoms with Crippen LogP contribution in [0.4, 0.5) is 5.69 Å². The lowest BCUT2D eigenvalue weighted by Crippen LogP contribution is -2.46. The minimum Gasteiger partial charge on any atom is -0.495 e. The Kier molecular flexibility index (Phi) is 4.48. The molecule has 0 amide bonds. The highest BCUT2D eigenvalue weighted by molar-refractivity contribution is 5.80. The van der Waals surface area contributed by atoms with Gasteiger partial charge in [0.25, 0.3) is 5.56 Å². The summed E-state index contributed by atoms with van der Waals surface area (Å²) in [7, 11) is 1.72. The maximum absolute atomic E-state index is 12.3. The number of nitrogens with zero attached hydrogens (tertiary/aromatic N) is 3. The first kappa shape index (κ1) is 17.8. The van der Waals surface area contributed by atoms with E-state index >= 15 is 0 Å². The van der Waals surface area contributed by atoms with Gasteiger partial charge in [0.05, 0.1) is 23.7 Å². The van der Waals surface area contributed by atoms with E-state index in [2.05, 4.69) is 43.6 Å². The predicted molar refractivity (Wildman–Crippen MR) is 116 cm³/mol. The van der Waals surface area contributed by atoms with Gasteiger partial charge in [-0.15, -0.1) is 0 Å². The van der Waals surface area contributed by atoms with Gasteiger partial charge in [0, 0.05) is 38.9 Å². The molecule has 0 atom stereocenters. The molecular formula is C23H24N4O2. The van der Waals surface area contributed by atoms with Gasteiger partial charge in [0.1, 0.15) is 11.4 Å². The molecule has 6 nitrogen and oxygen atoms in total. The van der Waals surface area contributed by atoms with E-state index in [-0.39, 0.29) is 5.56 Å². The molecule has 29 heavy (non-hydrogen) atoms. The number of piperazine rings is 1. The Morgan fingerprint density at radius 1 is 1.00 bits per heavy atom. The van der Waals surface area contributed by atoms with Gasteiger partial charge in [-0.2, -0.15) is 0 Å². The number of anilines is 1. The van der Waals surface area contributed by atoms with Crippen molar-refractivity contribution in [1.29, 1.82) is 0 Å². The molecule has 6 heteroatoms. The van der Waals surface area contributed by atoms with Crippen LogP contribution in [0, 0.1) is 0 Å². The minimum absolute atomic E-state index is 0.0387. The summed E-state index contributed by atoms with van der Waals surface area (Å²) >= 11 is 0. The first-order valence-corrected chi connectivity index (χ1v) is 9.95. The molecule has 1 aliphatic rings. The first-order chi connectivity index (χ1) is 14.2. The smallest absolute Gasteiger partial charge is 0.258 e. The second-order valence-corrected chi connectivity index (χ2v) is 7.51. The Morgan fingerprint density at radius 3 is 2.59 bits per heavy atom. The van der Waals surface area contributed by atoms with Crippen molar-refractivity contribution >= 4 is 22.2 Å². The Hall–Kier alpha value is -3.25. The zero-order valence-corrected chi connectivity index (χ0v) is 16.5. The molecule has 1 fully saturated rings. The van der Waals surface area contributed by atoms with Crippen molar-refractivity contribution in [3.8, 4) is 5.75 Å². The van der Waals surface area contributed by atoms with Crippen LogP contribution in [-0.4, -0.2) is 47.6 Å². The Balaban J connectivity index is 1.34. The van der Waals surface area contributed by atoms with Crippen molar-refractivity contribution in [1.82, 2.24) is 14.3 Å². The van der Waals surface area contributed by atoms with E-state index in [0.29, 0.717) is 5.39 Å². The molecule has 0 spiro atoms. The molecule has 3 heterocycles. The van der Waals surface area contributed by atoms with Crippen molar-refractivity contribution in [2.45, 2.75) is 6.54 Å². The van der Waals surface area contributed by atoms with Gasteiger partial charge in [0.2, 0.25) is 0 Å². The molecule has 1 aliphatic heterocycles. The van der Waals surface area contributed by atoms with Gasteiger partial charge in [-0.3, -0.25) is 9.69 Å². The predicted octanol–water partition coefficient (Wildman–Crippen LogP) is 3.11. The number of aromatic nitrogens is 2. The number of nitrogens with one attached hydrogen (secondary N) is 1. The summed E-state index contributed by atoms with van der Waals surface area (Å²) in [4.78, 5) is 20.2. The Morgan fingerprint density at radius 2 is 1.76 bits per heavy atom. The average molecular weight is 388 g/mol. The molecular weight excluding hydrogens is 364 g/mol. The molecule has 2 aromatic carbocycles. The van der Waals surface area contributed by atoms with E-state index in [9.17, 15) is 4.79 Å². The number of H-pyrrole nitrogens is 1. The maximum atomic E-state index is 12.3. The van der Waals surface area contributed by atoms with Crippen molar-refractivity contribution in [2.75, 3.05) is 38.2 Å². The second kappa shape index (κ2) is 7.29. The number of fused-ring (bicyclic) bond motifs is 3. The van der Waals surface area contributed by atoms with Crippen molar-refractivity contribution in [3.05, 3.63) is 76.7 Å². The van der Waals surface area contributed by atoms with Crippen LogP contribution < -0.4 is 15.2 Å². The first-order valence-electron chi connectivity index (χ1n) is 9.95. The van der Waals surface area contributed by atoms with Gasteiger partial charge in [-0.25, -0.2) is 0 Å². The summed E-state index contributed by atoms with van der Waals surface area (Å²) < 4.78 is 7.59. The van der Waals surface area contributed by atoms with E-state index < -0.39 is 0 Å². The summed E-state index contributed by atoms with van der Waals surface area (Å²) in [6.07, 6.45) is 2.14. The number of hydrogen-bond donors (Lipinski definition) is 1. The third-order valence-electron chi connectivity index (χ3n) is 5.73. The molecule has 0 unspecified atom stereocenters. The van der Waals surface area contributed by atoms with E-state index in [0.717, 1.165) is 55.3 Å². The van der Waals surface area contributed by atoms with Crippen LogP contribution in [0.15, 0.2) is 65.6 Å². The van der Waals surface area contributed by atoms with Crippen LogP contribution in [0.5, 0.6) is 5.75 Å². The van der Waals surface area contributed by atoms with Gasteiger partial charge < -0.3 is 19.0 Å². The van der Waals surface area contributed by atoms with Gasteiger partial charge in [-0.05, 0) is 35.9 Å². The average Bonchev–Trinajstić information content (AvgIpc) is 3.17. The van der Waals surface area contributed by atoms with Gasteiger partial charge in [-0.1, -0.05) is 24.3 Å². The number of methoxy groups -OCH3 is 1. The molecule has 0 bridgehead atoms. The summed E-state index contributed by atoms with van der Waals surface area (Å²) in [5, 5.41) is 0.715. The molecule has 1 N–H and O–H groups in total. The molecule has 0 aliphatic carbocycles. The number of ether oxygens (including phenoxy) is 1. The molecule has 0 radical (unpaired) electrons. The number of rotatable bonds is 4. The quantitative estimate of drug-likeness (QED) is 0.584. The lowest BCUT2D eigenvalue weighted by molar-refractivity contribution is 0.249. The maximum Gasteiger partial charge on any atom is 0.258 e. The molecule has 4 aromatic rings. The monoisotopic (exact) mass is 388 g/mol. The lowest BCUT2D eigenvalue weighted by Gasteiger charge is -2.36. The highest BCUT2D eigenvalue weighted by Gasteiger charge is 2.20. The van der Waals surface area contributed by atoms with E-state index in [4.69, 9.17) is 4.74 Å².